The summed E-state index contributed by atoms with van der Waals surface area (Å²) in [6.07, 6.45) is 0. The normalized spacial score (nSPS) is 16.5. The Balaban J connectivity index is 1.57. The molecule has 0 fully saturated rings. The molecule has 1 heterocycles. The fraction of sp³-hybridized carbons (Fsp3) is 0.0909. The molecule has 1 aliphatic rings. The summed E-state index contributed by atoms with van der Waals surface area (Å²) in [6, 6.07) is 12.5. The first-order valence-corrected chi connectivity index (χ1v) is 16.0. The van der Waals surface area contributed by atoms with Crippen LogP contribution in [0.25, 0.3) is 0 Å². The molecule has 1 aliphatic heterocycles. The first-order valence-electron chi connectivity index (χ1n) is 10.8. The summed E-state index contributed by atoms with van der Waals surface area (Å²) < 4.78 is 84.3. The van der Waals surface area contributed by atoms with Crippen molar-refractivity contribution < 1.29 is 34.6 Å². The number of nitrogens with zero attached hydrogens (tertiary/aromatic N) is 4. The van der Waals surface area contributed by atoms with E-state index in [0.717, 1.165) is 29.3 Å². The molecule has 0 aromatic heterocycles. The molecule has 0 spiro atoms. The molecule has 1 atom stereocenters. The van der Waals surface area contributed by atoms with Crippen molar-refractivity contribution >= 4 is 76.4 Å². The number of nitrogens with one attached hydrogen (secondary N) is 1. The van der Waals surface area contributed by atoms with Gasteiger partial charge in [0.2, 0.25) is 0 Å². The second-order valence-corrected chi connectivity index (χ2v) is 13.9. The van der Waals surface area contributed by atoms with E-state index >= 15 is 0 Å². The monoisotopic (exact) mass is 645 g/mol. The number of halogens is 2. The largest absolute Gasteiger partial charge is 0.296 e. The van der Waals surface area contributed by atoms with Gasteiger partial charge in [0.05, 0.1) is 36.9 Å². The standard InChI is InChI=1S/C22H17Cl2N5O8S3/c1-13-21(22(30)29(27-13)19-11-18(24)20(12-17(19)23)40(35,36)37)26-25-14-6-5-9-16(10-14)39(33,34)28-38(31,32)15-7-3-2-4-8-15/h2-12,21,28H,1H3,(H,35,36,37). The predicted molar refractivity (Wildman–Crippen MR) is 146 cm³/mol. The summed E-state index contributed by atoms with van der Waals surface area (Å²) >= 11 is 12.0. The van der Waals surface area contributed by atoms with E-state index in [9.17, 15) is 34.6 Å². The van der Waals surface area contributed by atoms with Crippen LogP contribution in [0.2, 0.25) is 10.0 Å². The van der Waals surface area contributed by atoms with Crippen molar-refractivity contribution in [3.63, 3.8) is 0 Å². The van der Waals surface area contributed by atoms with Crippen LogP contribution in [-0.2, 0) is 35.0 Å². The molecule has 210 valence electrons. The van der Waals surface area contributed by atoms with Gasteiger partial charge in [-0.3, -0.25) is 9.35 Å². The Labute approximate surface area is 239 Å². The van der Waals surface area contributed by atoms with Crippen LogP contribution in [0.5, 0.6) is 0 Å². The number of benzene rings is 3. The maximum atomic E-state index is 13.0. The number of hydrogen-bond acceptors (Lipinski definition) is 10. The summed E-state index contributed by atoms with van der Waals surface area (Å²) in [5.41, 5.74) is 0.0664. The minimum absolute atomic E-state index is 0.0161. The van der Waals surface area contributed by atoms with Crippen molar-refractivity contribution in [3.05, 3.63) is 76.8 Å². The lowest BCUT2D eigenvalue weighted by molar-refractivity contribution is -0.117. The summed E-state index contributed by atoms with van der Waals surface area (Å²) in [5, 5.41) is 12.1. The first kappa shape index (κ1) is 29.7. The van der Waals surface area contributed by atoms with E-state index in [1.165, 1.54) is 43.3 Å². The number of hydrogen-bond donors (Lipinski definition) is 2. The quantitative estimate of drug-likeness (QED) is 0.273. The fourth-order valence-electron chi connectivity index (χ4n) is 3.42. The molecule has 3 aromatic rings. The SMILES string of the molecule is CC1=NN(c2cc(Cl)c(S(=O)(=O)O)cc2Cl)C(=O)C1N=Nc1cccc(S(=O)(=O)NS(=O)(=O)c2ccccc2)c1. The van der Waals surface area contributed by atoms with Gasteiger partial charge < -0.3 is 0 Å². The van der Waals surface area contributed by atoms with Crippen molar-refractivity contribution in [2.24, 2.45) is 15.3 Å². The van der Waals surface area contributed by atoms with Gasteiger partial charge in [-0.25, -0.2) is 16.8 Å². The average Bonchev–Trinajstić information content (AvgIpc) is 3.16. The van der Waals surface area contributed by atoms with Gasteiger partial charge in [0.25, 0.3) is 36.1 Å². The molecule has 40 heavy (non-hydrogen) atoms. The molecule has 13 nitrogen and oxygen atoms in total. The number of rotatable bonds is 8. The predicted octanol–water partition coefficient (Wildman–Crippen LogP) is 3.78. The molecule has 0 aliphatic carbocycles. The highest BCUT2D eigenvalue weighted by atomic mass is 35.5. The topological polar surface area (TPSA) is 192 Å². The van der Waals surface area contributed by atoms with Crippen molar-refractivity contribution in [1.29, 1.82) is 0 Å². The van der Waals surface area contributed by atoms with Gasteiger partial charge in [-0.1, -0.05) is 47.5 Å². The number of carbonyl (C=O) groups excluding carboxylic acids is 1. The van der Waals surface area contributed by atoms with Crippen LogP contribution in [0.15, 0.2) is 96.7 Å². The van der Waals surface area contributed by atoms with E-state index in [1.807, 2.05) is 0 Å². The van der Waals surface area contributed by atoms with Crippen LogP contribution in [0.3, 0.4) is 0 Å². The Bertz CT molecular complexity index is 1900. The molecule has 3 aromatic carbocycles. The number of anilines is 1. The number of sulfonamides is 2. The van der Waals surface area contributed by atoms with Gasteiger partial charge in [-0.15, -0.1) is 4.13 Å². The van der Waals surface area contributed by atoms with Crippen LogP contribution in [0.1, 0.15) is 6.92 Å². The van der Waals surface area contributed by atoms with Crippen molar-refractivity contribution in [2.75, 3.05) is 5.01 Å². The fourth-order valence-corrected chi connectivity index (χ4v) is 7.72. The number of amides is 1. The number of carbonyl (C=O) groups is 1. The van der Waals surface area contributed by atoms with Crippen LogP contribution >= 0.6 is 23.2 Å². The van der Waals surface area contributed by atoms with E-state index in [1.54, 1.807) is 10.2 Å². The van der Waals surface area contributed by atoms with Gasteiger partial charge in [-0.05, 0) is 49.4 Å². The molecule has 0 bridgehead atoms. The molecule has 0 saturated heterocycles. The summed E-state index contributed by atoms with van der Waals surface area (Å²) in [4.78, 5) is 11.7. The molecule has 2 N–H and O–H groups in total. The van der Waals surface area contributed by atoms with Gasteiger partial charge in [0.1, 0.15) is 4.90 Å². The highest BCUT2D eigenvalue weighted by Gasteiger charge is 2.36. The molecule has 0 saturated carbocycles. The Hall–Kier alpha value is -3.25. The second-order valence-electron chi connectivity index (χ2n) is 8.12. The Kier molecular flexibility index (Phi) is 8.15. The minimum Gasteiger partial charge on any atom is -0.282 e. The first-order chi connectivity index (χ1) is 18.6. The molecule has 1 unspecified atom stereocenters. The van der Waals surface area contributed by atoms with E-state index in [4.69, 9.17) is 23.2 Å². The van der Waals surface area contributed by atoms with Gasteiger partial charge in [0, 0.05) is 0 Å². The van der Waals surface area contributed by atoms with Gasteiger partial charge in [0.15, 0.2) is 6.04 Å². The summed E-state index contributed by atoms with van der Waals surface area (Å²) in [5.74, 6) is -0.738. The second kappa shape index (κ2) is 11.0. The van der Waals surface area contributed by atoms with E-state index in [0.29, 0.717) is 0 Å². The highest BCUT2D eigenvalue weighted by Crippen LogP contribution is 2.36. The van der Waals surface area contributed by atoms with Crippen LogP contribution in [0, 0.1) is 0 Å². The zero-order chi connectivity index (χ0) is 29.5. The average molecular weight is 647 g/mol. The third kappa shape index (κ3) is 6.22. The smallest absolute Gasteiger partial charge is 0.282 e. The molecule has 4 rings (SSSR count). The lowest BCUT2D eigenvalue weighted by Gasteiger charge is -2.15. The maximum absolute atomic E-state index is 13.0. The molecule has 0 radical (unpaired) electrons. The van der Waals surface area contributed by atoms with Crippen molar-refractivity contribution in [2.45, 2.75) is 27.7 Å². The van der Waals surface area contributed by atoms with Crippen LogP contribution in [0.4, 0.5) is 11.4 Å². The van der Waals surface area contributed by atoms with Crippen molar-refractivity contribution in [3.8, 4) is 0 Å². The Morgan fingerprint density at radius 2 is 1.50 bits per heavy atom. The molecule has 18 heteroatoms. The number of hydrazone groups is 1. The Morgan fingerprint density at radius 3 is 2.15 bits per heavy atom. The van der Waals surface area contributed by atoms with Gasteiger partial charge >= 0.3 is 0 Å². The summed E-state index contributed by atoms with van der Waals surface area (Å²) in [7, 11) is -13.6. The minimum atomic E-state index is -4.68. The number of azo groups is 1. The summed E-state index contributed by atoms with van der Waals surface area (Å²) in [6.45, 7) is 1.46. The molecular weight excluding hydrogens is 629 g/mol. The maximum Gasteiger partial charge on any atom is 0.296 e. The lowest BCUT2D eigenvalue weighted by Crippen LogP contribution is -2.30. The highest BCUT2D eigenvalue weighted by molar-refractivity contribution is 8.04. The van der Waals surface area contributed by atoms with Crippen molar-refractivity contribution in [1.82, 2.24) is 4.13 Å². The zero-order valence-electron chi connectivity index (χ0n) is 20.0. The van der Waals surface area contributed by atoms with Crippen LogP contribution in [-0.4, -0.2) is 47.5 Å². The van der Waals surface area contributed by atoms with Crippen LogP contribution < -0.4 is 9.14 Å². The molecule has 1 amide bonds. The zero-order valence-corrected chi connectivity index (χ0v) is 24.0. The third-order valence-corrected chi connectivity index (χ3v) is 10.4. The lowest BCUT2D eigenvalue weighted by atomic mass is 10.2. The van der Waals surface area contributed by atoms with E-state index in [2.05, 4.69) is 15.3 Å². The Morgan fingerprint density at radius 1 is 0.875 bits per heavy atom. The van der Waals surface area contributed by atoms with Gasteiger partial charge in [-0.2, -0.15) is 28.8 Å². The third-order valence-electron chi connectivity index (χ3n) is 5.29. The molecular formula is C22H17Cl2N5O8S3. The van der Waals surface area contributed by atoms with E-state index < -0.39 is 56.9 Å². The van der Waals surface area contributed by atoms with E-state index in [-0.39, 0.29) is 27.0 Å².